The molecular formula is C20H31N3O2. The molecule has 1 aliphatic rings. The maximum absolute atomic E-state index is 12.0. The highest BCUT2D eigenvalue weighted by Gasteiger charge is 2.33. The van der Waals surface area contributed by atoms with Gasteiger partial charge in [-0.25, -0.2) is 4.79 Å². The summed E-state index contributed by atoms with van der Waals surface area (Å²) in [5, 5.41) is 2.60. The summed E-state index contributed by atoms with van der Waals surface area (Å²) in [7, 11) is 1.61. The van der Waals surface area contributed by atoms with E-state index in [1.165, 1.54) is 0 Å². The number of rotatable bonds is 4. The number of amides is 3. The molecule has 25 heavy (non-hydrogen) atoms. The van der Waals surface area contributed by atoms with Crippen molar-refractivity contribution in [3.63, 3.8) is 0 Å². The monoisotopic (exact) mass is 345 g/mol. The van der Waals surface area contributed by atoms with E-state index >= 15 is 0 Å². The molecule has 1 fully saturated rings. The number of nitrogens with two attached hydrogens (primary N) is 1. The van der Waals surface area contributed by atoms with Gasteiger partial charge in [0, 0.05) is 25.2 Å². The van der Waals surface area contributed by atoms with Crippen LogP contribution in [0.15, 0.2) is 24.3 Å². The van der Waals surface area contributed by atoms with Gasteiger partial charge in [0.25, 0.3) is 5.91 Å². The minimum atomic E-state index is -0.366. The Bertz CT molecular complexity index is 596. The molecule has 0 aliphatic heterocycles. The first-order valence-electron chi connectivity index (χ1n) is 9.09. The molecule has 1 aliphatic carbocycles. The molecule has 0 bridgehead atoms. The van der Waals surface area contributed by atoms with Gasteiger partial charge in [-0.1, -0.05) is 32.9 Å². The van der Waals surface area contributed by atoms with Crippen LogP contribution in [-0.2, 0) is 6.54 Å². The van der Waals surface area contributed by atoms with Crippen molar-refractivity contribution < 1.29 is 9.59 Å². The molecule has 1 saturated carbocycles. The second-order valence-electron chi connectivity index (χ2n) is 8.11. The number of nitrogens with one attached hydrogen (secondary N) is 1. The number of carbonyl (C=O) groups excluding carboxylic acids is 2. The van der Waals surface area contributed by atoms with Gasteiger partial charge in [-0.15, -0.1) is 0 Å². The number of urea groups is 1. The van der Waals surface area contributed by atoms with Gasteiger partial charge in [-0.3, -0.25) is 4.79 Å². The Morgan fingerprint density at radius 2 is 1.68 bits per heavy atom. The Morgan fingerprint density at radius 3 is 2.12 bits per heavy atom. The van der Waals surface area contributed by atoms with Crippen molar-refractivity contribution in [2.24, 2.45) is 17.1 Å². The van der Waals surface area contributed by atoms with E-state index in [2.05, 4.69) is 26.1 Å². The van der Waals surface area contributed by atoms with Crippen LogP contribution in [0, 0.1) is 11.3 Å². The van der Waals surface area contributed by atoms with Crippen LogP contribution >= 0.6 is 0 Å². The van der Waals surface area contributed by atoms with Crippen LogP contribution in [-0.4, -0.2) is 29.9 Å². The van der Waals surface area contributed by atoms with Crippen molar-refractivity contribution in [2.45, 2.75) is 59.0 Å². The van der Waals surface area contributed by atoms with Crippen LogP contribution in [0.1, 0.15) is 62.4 Å². The molecule has 3 amide bonds. The summed E-state index contributed by atoms with van der Waals surface area (Å²) >= 11 is 0. The van der Waals surface area contributed by atoms with Crippen LogP contribution in [0.3, 0.4) is 0 Å². The molecule has 0 spiro atoms. The van der Waals surface area contributed by atoms with Crippen molar-refractivity contribution in [1.29, 1.82) is 0 Å². The summed E-state index contributed by atoms with van der Waals surface area (Å²) in [6, 6.07) is 7.18. The highest BCUT2D eigenvalue weighted by Crippen LogP contribution is 2.39. The zero-order valence-corrected chi connectivity index (χ0v) is 15.8. The number of benzene rings is 1. The maximum Gasteiger partial charge on any atom is 0.315 e. The van der Waals surface area contributed by atoms with Crippen LogP contribution in [0.2, 0.25) is 0 Å². The van der Waals surface area contributed by atoms with Crippen molar-refractivity contribution in [3.05, 3.63) is 35.4 Å². The summed E-state index contributed by atoms with van der Waals surface area (Å²) in [5.74, 6) is 0.587. The number of primary amides is 1. The summed E-state index contributed by atoms with van der Waals surface area (Å²) in [5.41, 5.74) is 7.58. The fraction of sp³-hybridized carbons (Fsp3) is 0.600. The zero-order valence-electron chi connectivity index (χ0n) is 15.8. The Labute approximate surface area is 151 Å². The third-order valence-corrected chi connectivity index (χ3v) is 5.44. The normalized spacial score (nSPS) is 20.8. The average Bonchev–Trinajstić information content (AvgIpc) is 2.58. The van der Waals surface area contributed by atoms with E-state index in [9.17, 15) is 9.59 Å². The SMILES string of the molecule is CNC(=O)c1ccc(CN(C(N)=O)C2CCC(C(C)(C)C)CC2)cc1. The van der Waals surface area contributed by atoms with Crippen molar-refractivity contribution >= 4 is 11.9 Å². The van der Waals surface area contributed by atoms with Crippen molar-refractivity contribution in [1.82, 2.24) is 10.2 Å². The molecule has 0 atom stereocenters. The van der Waals surface area contributed by atoms with Crippen LogP contribution in [0.25, 0.3) is 0 Å². The number of nitrogens with zero attached hydrogens (tertiary/aromatic N) is 1. The maximum atomic E-state index is 12.0. The molecule has 3 N–H and O–H groups in total. The van der Waals surface area contributed by atoms with Gasteiger partial charge in [-0.2, -0.15) is 0 Å². The molecule has 0 heterocycles. The standard InChI is InChI=1S/C20H31N3O2/c1-20(2,3)16-9-11-17(12-10-16)23(19(21)25)13-14-5-7-15(8-6-14)18(24)22-4/h5-8,16-17H,9-13H2,1-4H3,(H2,21,25)(H,22,24). The van der Waals surface area contributed by atoms with Gasteiger partial charge < -0.3 is 16.0 Å². The first kappa shape index (κ1) is 19.3. The van der Waals surface area contributed by atoms with E-state index in [0.29, 0.717) is 23.4 Å². The molecule has 5 heteroatoms. The van der Waals surface area contributed by atoms with Gasteiger partial charge in [-0.05, 0) is 54.7 Å². The Morgan fingerprint density at radius 1 is 1.12 bits per heavy atom. The average molecular weight is 345 g/mol. The second-order valence-corrected chi connectivity index (χ2v) is 8.11. The summed E-state index contributed by atoms with van der Waals surface area (Å²) in [4.78, 5) is 25.4. The Kier molecular flexibility index (Phi) is 6.09. The Balaban J connectivity index is 2.02. The summed E-state index contributed by atoms with van der Waals surface area (Å²) < 4.78 is 0. The van der Waals surface area contributed by atoms with Crippen molar-refractivity contribution in [3.8, 4) is 0 Å². The molecule has 1 aromatic rings. The largest absolute Gasteiger partial charge is 0.355 e. The number of hydrogen-bond acceptors (Lipinski definition) is 2. The molecule has 2 rings (SSSR count). The zero-order chi connectivity index (χ0) is 18.6. The van der Waals surface area contributed by atoms with Gasteiger partial charge >= 0.3 is 6.03 Å². The third-order valence-electron chi connectivity index (χ3n) is 5.44. The molecule has 138 valence electrons. The fourth-order valence-electron chi connectivity index (χ4n) is 3.74. The lowest BCUT2D eigenvalue weighted by atomic mass is 9.71. The van der Waals surface area contributed by atoms with E-state index in [1.807, 2.05) is 12.1 Å². The van der Waals surface area contributed by atoms with E-state index in [4.69, 9.17) is 5.73 Å². The van der Waals surface area contributed by atoms with Gasteiger partial charge in [0.1, 0.15) is 0 Å². The predicted molar refractivity (Wildman–Crippen MR) is 100 cm³/mol. The highest BCUT2D eigenvalue weighted by molar-refractivity contribution is 5.93. The first-order valence-corrected chi connectivity index (χ1v) is 9.09. The molecule has 0 saturated heterocycles. The smallest absolute Gasteiger partial charge is 0.315 e. The van der Waals surface area contributed by atoms with Gasteiger partial charge in [0.05, 0.1) is 0 Å². The second kappa shape index (κ2) is 7.89. The van der Waals surface area contributed by atoms with E-state index in [1.54, 1.807) is 24.1 Å². The van der Waals surface area contributed by atoms with E-state index in [-0.39, 0.29) is 18.0 Å². The molecule has 0 radical (unpaired) electrons. The fourth-order valence-corrected chi connectivity index (χ4v) is 3.74. The van der Waals surface area contributed by atoms with Crippen LogP contribution in [0.5, 0.6) is 0 Å². The lowest BCUT2D eigenvalue weighted by molar-refractivity contribution is 0.0962. The number of carbonyl (C=O) groups is 2. The van der Waals surface area contributed by atoms with E-state index < -0.39 is 0 Å². The predicted octanol–water partition coefficient (Wildman–Crippen LogP) is 3.53. The molecule has 0 unspecified atom stereocenters. The van der Waals surface area contributed by atoms with Gasteiger partial charge in [0.2, 0.25) is 0 Å². The summed E-state index contributed by atoms with van der Waals surface area (Å²) in [6.45, 7) is 7.36. The topological polar surface area (TPSA) is 75.4 Å². The number of hydrogen-bond donors (Lipinski definition) is 2. The minimum absolute atomic E-state index is 0.112. The van der Waals surface area contributed by atoms with Crippen LogP contribution in [0.4, 0.5) is 4.79 Å². The molecule has 5 nitrogen and oxygen atoms in total. The third kappa shape index (κ3) is 4.97. The van der Waals surface area contributed by atoms with E-state index in [0.717, 1.165) is 31.2 Å². The van der Waals surface area contributed by atoms with Crippen LogP contribution < -0.4 is 11.1 Å². The lowest BCUT2D eigenvalue weighted by Gasteiger charge is -2.40. The highest BCUT2D eigenvalue weighted by atomic mass is 16.2. The lowest BCUT2D eigenvalue weighted by Crippen LogP contribution is -2.45. The minimum Gasteiger partial charge on any atom is -0.355 e. The molecule has 1 aromatic carbocycles. The quantitative estimate of drug-likeness (QED) is 0.876. The molecular weight excluding hydrogens is 314 g/mol. The molecule has 0 aromatic heterocycles. The van der Waals surface area contributed by atoms with Crippen molar-refractivity contribution in [2.75, 3.05) is 7.05 Å². The Hall–Kier alpha value is -2.04. The van der Waals surface area contributed by atoms with Gasteiger partial charge in [0.15, 0.2) is 0 Å². The first-order chi connectivity index (χ1) is 11.7. The summed E-state index contributed by atoms with van der Waals surface area (Å²) in [6.07, 6.45) is 4.27.